The van der Waals surface area contributed by atoms with Crippen LogP contribution in [-0.4, -0.2) is 17.1 Å². The van der Waals surface area contributed by atoms with Gasteiger partial charge in [-0.3, -0.25) is 9.78 Å². The van der Waals surface area contributed by atoms with E-state index in [1.807, 2.05) is 36.6 Å². The molecule has 0 saturated heterocycles. The smallest absolute Gasteiger partial charge is 0.256 e. The maximum Gasteiger partial charge on any atom is 0.256 e. The van der Waals surface area contributed by atoms with Crippen LogP contribution in [0.2, 0.25) is 10.0 Å². The zero-order valence-electron chi connectivity index (χ0n) is 16.9. The van der Waals surface area contributed by atoms with Crippen molar-refractivity contribution in [1.29, 1.82) is 0 Å². The lowest BCUT2D eigenvalue weighted by Crippen LogP contribution is -2.13. The first kappa shape index (κ1) is 22.3. The van der Waals surface area contributed by atoms with Crippen LogP contribution in [0.3, 0.4) is 0 Å². The van der Waals surface area contributed by atoms with Crippen LogP contribution in [0.5, 0.6) is 0 Å². The standard InChI is InChI=1S/C25H17Cl2FN2OS/c1-32-17-7-8-18(19(14-17)20-12-15(28)5-9-22(20)26)25(31)30-16-6-10-23(27)21(13-16)24-4-2-3-11-29-24/h2-14H,1H3,(H,30,31). The Kier molecular flexibility index (Phi) is 6.80. The third-order valence-electron chi connectivity index (χ3n) is 4.86. The summed E-state index contributed by atoms with van der Waals surface area (Å²) < 4.78 is 14.0. The molecule has 0 aliphatic rings. The van der Waals surface area contributed by atoms with Crippen LogP contribution in [0, 0.1) is 5.82 Å². The minimum Gasteiger partial charge on any atom is -0.322 e. The van der Waals surface area contributed by atoms with E-state index >= 15 is 0 Å². The number of aromatic nitrogens is 1. The van der Waals surface area contributed by atoms with Crippen LogP contribution in [0.25, 0.3) is 22.4 Å². The topological polar surface area (TPSA) is 42.0 Å². The zero-order chi connectivity index (χ0) is 22.7. The van der Waals surface area contributed by atoms with E-state index in [1.54, 1.807) is 30.5 Å². The largest absolute Gasteiger partial charge is 0.322 e. The molecule has 3 aromatic carbocycles. The molecule has 4 aromatic rings. The second-order valence-electron chi connectivity index (χ2n) is 6.90. The number of nitrogens with zero attached hydrogens (tertiary/aromatic N) is 1. The van der Waals surface area contributed by atoms with Crippen molar-refractivity contribution in [3.63, 3.8) is 0 Å². The molecule has 3 nitrogen and oxygen atoms in total. The van der Waals surface area contributed by atoms with Gasteiger partial charge in [0.1, 0.15) is 5.82 Å². The van der Waals surface area contributed by atoms with Crippen molar-refractivity contribution in [3.05, 3.63) is 100 Å². The Hall–Kier alpha value is -2.86. The molecule has 160 valence electrons. The summed E-state index contributed by atoms with van der Waals surface area (Å²) in [7, 11) is 0. The van der Waals surface area contributed by atoms with Crippen molar-refractivity contribution in [2.75, 3.05) is 11.6 Å². The molecule has 1 heterocycles. The lowest BCUT2D eigenvalue weighted by atomic mass is 9.98. The van der Waals surface area contributed by atoms with E-state index in [1.165, 1.54) is 30.0 Å². The van der Waals surface area contributed by atoms with Gasteiger partial charge in [0.15, 0.2) is 0 Å². The molecule has 0 spiro atoms. The Morgan fingerprint density at radius 1 is 0.906 bits per heavy atom. The molecular weight excluding hydrogens is 466 g/mol. The lowest BCUT2D eigenvalue weighted by Gasteiger charge is -2.14. The molecule has 0 saturated carbocycles. The Bertz CT molecular complexity index is 1300. The van der Waals surface area contributed by atoms with Crippen LogP contribution in [-0.2, 0) is 0 Å². The van der Waals surface area contributed by atoms with Crippen molar-refractivity contribution >= 4 is 46.6 Å². The van der Waals surface area contributed by atoms with Crippen LogP contribution in [0.1, 0.15) is 10.4 Å². The van der Waals surface area contributed by atoms with Gasteiger partial charge < -0.3 is 5.32 Å². The summed E-state index contributed by atoms with van der Waals surface area (Å²) in [5, 5.41) is 3.80. The van der Waals surface area contributed by atoms with Gasteiger partial charge in [-0.15, -0.1) is 11.8 Å². The summed E-state index contributed by atoms with van der Waals surface area (Å²) >= 11 is 14.2. The van der Waals surface area contributed by atoms with Gasteiger partial charge in [0.05, 0.1) is 10.7 Å². The van der Waals surface area contributed by atoms with Crippen molar-refractivity contribution in [3.8, 4) is 22.4 Å². The van der Waals surface area contributed by atoms with Gasteiger partial charge in [-0.2, -0.15) is 0 Å². The number of amides is 1. The Labute approximate surface area is 199 Å². The number of hydrogen-bond donors (Lipinski definition) is 1. The Morgan fingerprint density at radius 2 is 1.69 bits per heavy atom. The number of hydrogen-bond acceptors (Lipinski definition) is 3. The number of halogens is 3. The number of pyridine rings is 1. The normalized spacial score (nSPS) is 10.8. The molecule has 0 aliphatic heterocycles. The lowest BCUT2D eigenvalue weighted by molar-refractivity contribution is 0.102. The van der Waals surface area contributed by atoms with E-state index in [-0.39, 0.29) is 5.91 Å². The van der Waals surface area contributed by atoms with Gasteiger partial charge in [0.25, 0.3) is 5.91 Å². The first-order valence-electron chi connectivity index (χ1n) is 9.62. The molecule has 0 bridgehead atoms. The van der Waals surface area contributed by atoms with E-state index in [9.17, 15) is 9.18 Å². The maximum absolute atomic E-state index is 14.0. The molecule has 0 atom stereocenters. The SMILES string of the molecule is CSc1ccc(C(=O)Nc2ccc(Cl)c(-c3ccccn3)c2)c(-c2cc(F)ccc2Cl)c1. The van der Waals surface area contributed by atoms with Crippen molar-refractivity contribution < 1.29 is 9.18 Å². The minimum absolute atomic E-state index is 0.345. The summed E-state index contributed by atoms with van der Waals surface area (Å²) in [6, 6.07) is 20.2. The average Bonchev–Trinajstić information content (AvgIpc) is 2.82. The number of rotatable bonds is 5. The fraction of sp³-hybridized carbons (Fsp3) is 0.0400. The van der Waals surface area contributed by atoms with Crippen molar-refractivity contribution in [1.82, 2.24) is 4.98 Å². The van der Waals surface area contributed by atoms with E-state index in [4.69, 9.17) is 23.2 Å². The highest BCUT2D eigenvalue weighted by atomic mass is 35.5. The fourth-order valence-corrected chi connectivity index (χ4v) is 4.17. The molecule has 1 aromatic heterocycles. The highest BCUT2D eigenvalue weighted by Crippen LogP contribution is 2.35. The average molecular weight is 483 g/mol. The predicted molar refractivity (Wildman–Crippen MR) is 131 cm³/mol. The number of anilines is 1. The number of benzene rings is 3. The third-order valence-corrected chi connectivity index (χ3v) is 6.24. The number of nitrogens with one attached hydrogen (secondary N) is 1. The number of carbonyl (C=O) groups is 1. The Morgan fingerprint density at radius 3 is 2.44 bits per heavy atom. The maximum atomic E-state index is 14.0. The monoisotopic (exact) mass is 482 g/mol. The van der Waals surface area contributed by atoms with Crippen LogP contribution < -0.4 is 5.32 Å². The summed E-state index contributed by atoms with van der Waals surface area (Å²) in [5.41, 5.74) is 3.35. The number of thioether (sulfide) groups is 1. The molecular formula is C25H17Cl2FN2OS. The highest BCUT2D eigenvalue weighted by molar-refractivity contribution is 7.98. The Balaban J connectivity index is 1.73. The molecule has 0 aliphatic carbocycles. The summed E-state index contributed by atoms with van der Waals surface area (Å²) in [6.45, 7) is 0. The summed E-state index contributed by atoms with van der Waals surface area (Å²) in [6.07, 6.45) is 3.61. The number of carbonyl (C=O) groups excluding carboxylic acids is 1. The molecule has 7 heteroatoms. The molecule has 1 amide bonds. The minimum atomic E-state index is -0.428. The van der Waals surface area contributed by atoms with Crippen molar-refractivity contribution in [2.24, 2.45) is 0 Å². The van der Waals surface area contributed by atoms with Crippen LogP contribution >= 0.6 is 35.0 Å². The third kappa shape index (κ3) is 4.80. The second kappa shape index (κ2) is 9.74. The van der Waals surface area contributed by atoms with Gasteiger partial charge in [0, 0.05) is 38.5 Å². The van der Waals surface area contributed by atoms with Gasteiger partial charge in [0.2, 0.25) is 0 Å². The summed E-state index contributed by atoms with van der Waals surface area (Å²) in [4.78, 5) is 18.5. The quantitative estimate of drug-likeness (QED) is 0.294. The fourth-order valence-electron chi connectivity index (χ4n) is 3.29. The van der Waals surface area contributed by atoms with E-state index in [0.717, 1.165) is 4.90 Å². The molecule has 0 unspecified atom stereocenters. The first-order valence-corrected chi connectivity index (χ1v) is 11.6. The zero-order valence-corrected chi connectivity index (χ0v) is 19.2. The summed E-state index contributed by atoms with van der Waals surface area (Å²) in [5.74, 6) is -0.773. The highest BCUT2D eigenvalue weighted by Gasteiger charge is 2.17. The van der Waals surface area contributed by atoms with Crippen molar-refractivity contribution in [2.45, 2.75) is 4.90 Å². The van der Waals surface area contributed by atoms with E-state index in [0.29, 0.717) is 43.7 Å². The van der Waals surface area contributed by atoms with Gasteiger partial charge in [-0.1, -0.05) is 29.3 Å². The molecule has 1 N–H and O–H groups in total. The molecule has 4 rings (SSSR count). The van der Waals surface area contributed by atoms with Gasteiger partial charge in [-0.25, -0.2) is 4.39 Å². The molecule has 32 heavy (non-hydrogen) atoms. The van der Waals surface area contributed by atoms with Crippen LogP contribution in [0.15, 0.2) is 83.9 Å². The molecule has 0 fully saturated rings. The van der Waals surface area contributed by atoms with Crippen LogP contribution in [0.4, 0.5) is 10.1 Å². The first-order chi connectivity index (χ1) is 15.5. The van der Waals surface area contributed by atoms with E-state index in [2.05, 4.69) is 10.3 Å². The predicted octanol–water partition coefficient (Wildman–Crippen LogP) is 7.84. The van der Waals surface area contributed by atoms with Gasteiger partial charge in [-0.05, 0) is 78.5 Å². The second-order valence-corrected chi connectivity index (χ2v) is 8.59. The van der Waals surface area contributed by atoms with Gasteiger partial charge >= 0.3 is 0 Å². The van der Waals surface area contributed by atoms with E-state index < -0.39 is 5.82 Å². The molecule has 0 radical (unpaired) electrons.